The zero-order valence-electron chi connectivity index (χ0n) is 11.8. The lowest BCUT2D eigenvalue weighted by atomic mass is 9.90. The van der Waals surface area contributed by atoms with Gasteiger partial charge in [0.05, 0.1) is 12.2 Å². The van der Waals surface area contributed by atoms with E-state index in [9.17, 15) is 0 Å². The molecule has 1 spiro atoms. The van der Waals surface area contributed by atoms with Crippen molar-refractivity contribution in [3.05, 3.63) is 0 Å². The fourth-order valence-electron chi connectivity index (χ4n) is 2.05. The van der Waals surface area contributed by atoms with Crippen molar-refractivity contribution >= 4 is 0 Å². The fraction of sp³-hybridized carbons (Fsp3) is 1.00. The van der Waals surface area contributed by atoms with Gasteiger partial charge in [0.15, 0.2) is 0 Å². The molecular formula is C13H30N2O. The third kappa shape index (κ3) is 4.81. The van der Waals surface area contributed by atoms with Gasteiger partial charge in [-0.2, -0.15) is 0 Å². The van der Waals surface area contributed by atoms with Crippen molar-refractivity contribution in [3.63, 3.8) is 0 Å². The van der Waals surface area contributed by atoms with E-state index in [1.807, 2.05) is 27.7 Å². The third-order valence-electron chi connectivity index (χ3n) is 3.03. The summed E-state index contributed by atoms with van der Waals surface area (Å²) >= 11 is 0. The predicted octanol–water partition coefficient (Wildman–Crippen LogP) is 2.12. The van der Waals surface area contributed by atoms with Gasteiger partial charge in [0.1, 0.15) is 0 Å². The van der Waals surface area contributed by atoms with Crippen molar-refractivity contribution < 1.29 is 4.74 Å². The van der Waals surface area contributed by atoms with Crippen LogP contribution in [0.2, 0.25) is 0 Å². The van der Waals surface area contributed by atoms with Gasteiger partial charge in [0, 0.05) is 26.2 Å². The summed E-state index contributed by atoms with van der Waals surface area (Å²) < 4.78 is 5.87. The Labute approximate surface area is 102 Å². The Morgan fingerprint density at radius 3 is 2.06 bits per heavy atom. The summed E-state index contributed by atoms with van der Waals surface area (Å²) in [5.74, 6) is 0. The molecule has 0 aromatic carbocycles. The smallest absolute Gasteiger partial charge is 0.0831 e. The number of piperidine rings is 1. The molecule has 3 nitrogen and oxygen atoms in total. The van der Waals surface area contributed by atoms with Gasteiger partial charge in [-0.25, -0.2) is 0 Å². The first-order chi connectivity index (χ1) is 7.81. The van der Waals surface area contributed by atoms with Crippen molar-refractivity contribution in [1.29, 1.82) is 0 Å². The highest BCUT2D eigenvalue weighted by atomic mass is 16.5. The lowest BCUT2D eigenvalue weighted by Gasteiger charge is -2.43. The van der Waals surface area contributed by atoms with Crippen molar-refractivity contribution in [2.75, 3.05) is 39.8 Å². The predicted molar refractivity (Wildman–Crippen MR) is 71.0 cm³/mol. The van der Waals surface area contributed by atoms with Crippen LogP contribution in [-0.4, -0.2) is 50.3 Å². The van der Waals surface area contributed by atoms with Gasteiger partial charge in [-0.3, -0.25) is 0 Å². The number of ether oxygens (including phenoxy) is 1. The molecule has 1 N–H and O–H groups in total. The van der Waals surface area contributed by atoms with E-state index in [1.165, 1.54) is 25.9 Å². The zero-order chi connectivity index (χ0) is 12.4. The molecule has 0 amide bonds. The van der Waals surface area contributed by atoms with Crippen molar-refractivity contribution in [2.45, 2.75) is 46.1 Å². The summed E-state index contributed by atoms with van der Waals surface area (Å²) in [6, 6.07) is 0. The Hall–Kier alpha value is -0.120. The maximum Gasteiger partial charge on any atom is 0.0831 e. The van der Waals surface area contributed by atoms with Gasteiger partial charge in [0.25, 0.3) is 0 Å². The first-order valence-corrected chi connectivity index (χ1v) is 6.84. The van der Waals surface area contributed by atoms with Gasteiger partial charge in [0.2, 0.25) is 0 Å². The number of morpholine rings is 1. The van der Waals surface area contributed by atoms with Crippen LogP contribution in [0.25, 0.3) is 0 Å². The number of nitrogens with one attached hydrogen (secondary N) is 1. The molecule has 2 saturated heterocycles. The summed E-state index contributed by atoms with van der Waals surface area (Å²) in [7, 11) is 2.18. The van der Waals surface area contributed by atoms with Crippen LogP contribution in [-0.2, 0) is 4.74 Å². The summed E-state index contributed by atoms with van der Waals surface area (Å²) in [4.78, 5) is 2.38. The maximum atomic E-state index is 5.87. The molecule has 2 heterocycles. The van der Waals surface area contributed by atoms with Crippen LogP contribution < -0.4 is 5.32 Å². The molecule has 16 heavy (non-hydrogen) atoms. The van der Waals surface area contributed by atoms with Crippen molar-refractivity contribution in [2.24, 2.45) is 0 Å². The van der Waals surface area contributed by atoms with Gasteiger partial charge in [-0.05, 0) is 19.9 Å². The van der Waals surface area contributed by atoms with E-state index >= 15 is 0 Å². The van der Waals surface area contributed by atoms with Crippen molar-refractivity contribution in [1.82, 2.24) is 10.2 Å². The molecule has 0 aromatic rings. The zero-order valence-corrected chi connectivity index (χ0v) is 11.8. The molecule has 2 aliphatic rings. The largest absolute Gasteiger partial charge is 0.372 e. The number of hydrogen-bond donors (Lipinski definition) is 1. The molecule has 0 radical (unpaired) electrons. The average molecular weight is 230 g/mol. The van der Waals surface area contributed by atoms with Crippen LogP contribution in [0, 0.1) is 0 Å². The highest BCUT2D eigenvalue weighted by Gasteiger charge is 2.35. The van der Waals surface area contributed by atoms with Gasteiger partial charge in [-0.15, -0.1) is 0 Å². The van der Waals surface area contributed by atoms with Gasteiger partial charge in [-0.1, -0.05) is 27.7 Å². The van der Waals surface area contributed by atoms with Gasteiger partial charge < -0.3 is 15.0 Å². The van der Waals surface area contributed by atoms with Crippen molar-refractivity contribution in [3.8, 4) is 0 Å². The number of rotatable bonds is 0. The number of likely N-dealkylation sites (tertiary alicyclic amines) is 1. The van der Waals surface area contributed by atoms with Crippen LogP contribution in [0.5, 0.6) is 0 Å². The molecule has 0 aromatic heterocycles. The first kappa shape index (κ1) is 15.9. The number of hydrogen-bond acceptors (Lipinski definition) is 3. The molecule has 3 heteroatoms. The standard InChI is InChI=1S/C9H18N2O.2C2H6/c1-11-5-2-9(3-6-11)8-10-4-7-12-9;2*1-2/h10H,2-8H2,1H3;2*1-2H3. The topological polar surface area (TPSA) is 24.5 Å². The van der Waals surface area contributed by atoms with E-state index in [0.717, 1.165) is 19.7 Å². The summed E-state index contributed by atoms with van der Waals surface area (Å²) in [6.45, 7) is 13.3. The normalized spacial score (nSPS) is 23.8. The lowest BCUT2D eigenvalue weighted by Crippen LogP contribution is -2.55. The Balaban J connectivity index is 0.000000509. The van der Waals surface area contributed by atoms with E-state index < -0.39 is 0 Å². The summed E-state index contributed by atoms with van der Waals surface area (Å²) in [6.07, 6.45) is 2.38. The quantitative estimate of drug-likeness (QED) is 0.690. The molecule has 2 aliphatic heterocycles. The minimum atomic E-state index is 0.185. The maximum absolute atomic E-state index is 5.87. The first-order valence-electron chi connectivity index (χ1n) is 6.84. The highest BCUT2D eigenvalue weighted by molar-refractivity contribution is 4.90. The fourth-order valence-corrected chi connectivity index (χ4v) is 2.05. The van der Waals surface area contributed by atoms with Crippen LogP contribution in [0.15, 0.2) is 0 Å². The van der Waals surface area contributed by atoms with Gasteiger partial charge >= 0.3 is 0 Å². The Kier molecular flexibility index (Phi) is 8.90. The molecule has 2 rings (SSSR count). The Bertz CT molecular complexity index is 146. The van der Waals surface area contributed by atoms with Crippen LogP contribution in [0.1, 0.15) is 40.5 Å². The SMILES string of the molecule is CC.CC.CN1CCC2(CC1)CNCCO2. The van der Waals surface area contributed by atoms with Crippen LogP contribution >= 0.6 is 0 Å². The Morgan fingerprint density at radius 2 is 1.62 bits per heavy atom. The highest BCUT2D eigenvalue weighted by Crippen LogP contribution is 2.26. The summed E-state index contributed by atoms with van der Waals surface area (Å²) in [5, 5.41) is 3.42. The molecule has 0 unspecified atom stereocenters. The second kappa shape index (κ2) is 8.97. The number of nitrogens with zero attached hydrogens (tertiary/aromatic N) is 1. The minimum absolute atomic E-state index is 0.185. The van der Waals surface area contributed by atoms with E-state index in [2.05, 4.69) is 17.3 Å². The van der Waals surface area contributed by atoms with Crippen LogP contribution in [0.4, 0.5) is 0 Å². The second-order valence-electron chi connectivity index (χ2n) is 4.01. The lowest BCUT2D eigenvalue weighted by molar-refractivity contribution is -0.0969. The molecule has 2 fully saturated rings. The molecule has 0 aliphatic carbocycles. The minimum Gasteiger partial charge on any atom is -0.372 e. The van der Waals surface area contributed by atoms with Crippen LogP contribution in [0.3, 0.4) is 0 Å². The molecule has 0 saturated carbocycles. The van der Waals surface area contributed by atoms with E-state index in [-0.39, 0.29) is 5.60 Å². The summed E-state index contributed by atoms with van der Waals surface area (Å²) in [5.41, 5.74) is 0.185. The van der Waals surface area contributed by atoms with E-state index in [0.29, 0.717) is 0 Å². The molecule has 98 valence electrons. The molecule has 0 atom stereocenters. The Morgan fingerprint density at radius 1 is 1.06 bits per heavy atom. The van der Waals surface area contributed by atoms with E-state index in [1.54, 1.807) is 0 Å². The third-order valence-corrected chi connectivity index (χ3v) is 3.03. The van der Waals surface area contributed by atoms with E-state index in [4.69, 9.17) is 4.74 Å². The molecule has 0 bridgehead atoms. The monoisotopic (exact) mass is 230 g/mol. The second-order valence-corrected chi connectivity index (χ2v) is 4.01. The average Bonchev–Trinajstić information content (AvgIpc) is 2.39. The molecular weight excluding hydrogens is 200 g/mol.